The largest absolute Gasteiger partial charge is 0.460 e. The molecule has 1 heterocycles. The molecule has 0 aliphatic carbocycles. The van der Waals surface area contributed by atoms with Crippen LogP contribution in [0.5, 0.6) is 0 Å². The van der Waals surface area contributed by atoms with Crippen LogP contribution in [0.3, 0.4) is 0 Å². The van der Waals surface area contributed by atoms with Crippen molar-refractivity contribution in [3.05, 3.63) is 17.3 Å². The van der Waals surface area contributed by atoms with Gasteiger partial charge < -0.3 is 14.5 Å². The monoisotopic (exact) mass is 282 g/mol. The zero-order valence-electron chi connectivity index (χ0n) is 12.7. The average Bonchev–Trinajstić information content (AvgIpc) is 2.61. The van der Waals surface area contributed by atoms with Crippen molar-refractivity contribution in [1.82, 2.24) is 10.3 Å². The Morgan fingerprint density at radius 3 is 2.40 bits per heavy atom. The zero-order chi connectivity index (χ0) is 15.3. The molecule has 0 radical (unpaired) electrons. The van der Waals surface area contributed by atoms with Crippen LogP contribution >= 0.6 is 0 Å². The number of carbonyl (C=O) groups excluding carboxylic acids is 2. The number of amides is 1. The van der Waals surface area contributed by atoms with Gasteiger partial charge in [-0.15, -0.1) is 0 Å². The molecular weight excluding hydrogens is 260 g/mol. The molecule has 0 saturated carbocycles. The molecule has 0 saturated heterocycles. The van der Waals surface area contributed by atoms with Crippen LogP contribution in [0.4, 0.5) is 0 Å². The number of ether oxygens (including phenoxy) is 1. The minimum absolute atomic E-state index is 0.0622. The normalized spacial score (nSPS) is 11.2. The molecule has 1 N–H and O–H groups in total. The van der Waals surface area contributed by atoms with Gasteiger partial charge in [0.05, 0.1) is 18.7 Å². The standard InChI is InChI=1S/C14H22N2O4/c1-9-10(2)19-12(16-9)8-15-11(17)6-7-13(18)20-14(3,4)5/h6-8H2,1-5H3,(H,15,17). The van der Waals surface area contributed by atoms with Crippen LogP contribution in [0.25, 0.3) is 0 Å². The summed E-state index contributed by atoms with van der Waals surface area (Å²) in [6, 6.07) is 0. The lowest BCUT2D eigenvalue weighted by atomic mass is 10.2. The van der Waals surface area contributed by atoms with E-state index in [1.807, 2.05) is 13.8 Å². The van der Waals surface area contributed by atoms with Crippen molar-refractivity contribution in [3.8, 4) is 0 Å². The third kappa shape index (κ3) is 5.86. The number of carbonyl (C=O) groups is 2. The molecule has 0 spiro atoms. The van der Waals surface area contributed by atoms with Gasteiger partial charge >= 0.3 is 5.97 Å². The Labute approximate surface area is 118 Å². The number of rotatable bonds is 5. The number of esters is 1. The fourth-order valence-corrected chi connectivity index (χ4v) is 1.49. The molecule has 6 heteroatoms. The van der Waals surface area contributed by atoms with Crippen molar-refractivity contribution < 1.29 is 18.7 Å². The highest BCUT2D eigenvalue weighted by molar-refractivity contribution is 5.81. The third-order valence-corrected chi connectivity index (χ3v) is 2.49. The van der Waals surface area contributed by atoms with Crippen molar-refractivity contribution in [2.45, 2.75) is 59.6 Å². The van der Waals surface area contributed by atoms with Crippen molar-refractivity contribution in [1.29, 1.82) is 0 Å². The zero-order valence-corrected chi connectivity index (χ0v) is 12.7. The molecular formula is C14H22N2O4. The van der Waals surface area contributed by atoms with Crippen molar-refractivity contribution in [2.75, 3.05) is 0 Å². The molecule has 0 bridgehead atoms. The topological polar surface area (TPSA) is 81.4 Å². The summed E-state index contributed by atoms with van der Waals surface area (Å²) >= 11 is 0. The van der Waals surface area contributed by atoms with Crippen LogP contribution < -0.4 is 5.32 Å². The maximum absolute atomic E-state index is 11.6. The van der Waals surface area contributed by atoms with E-state index in [4.69, 9.17) is 9.15 Å². The highest BCUT2D eigenvalue weighted by atomic mass is 16.6. The van der Waals surface area contributed by atoms with Gasteiger partial charge in [-0.05, 0) is 34.6 Å². The molecule has 0 fully saturated rings. The second kappa shape index (κ2) is 6.54. The third-order valence-electron chi connectivity index (χ3n) is 2.49. The van der Waals surface area contributed by atoms with E-state index in [1.165, 1.54) is 0 Å². The van der Waals surface area contributed by atoms with Crippen LogP contribution in [0.1, 0.15) is 51.0 Å². The number of oxazole rings is 1. The van der Waals surface area contributed by atoms with E-state index in [2.05, 4.69) is 10.3 Å². The first kappa shape index (κ1) is 16.2. The van der Waals surface area contributed by atoms with Crippen LogP contribution in [0, 0.1) is 13.8 Å². The van der Waals surface area contributed by atoms with Crippen LogP contribution in [0.2, 0.25) is 0 Å². The van der Waals surface area contributed by atoms with E-state index < -0.39 is 5.60 Å². The summed E-state index contributed by atoms with van der Waals surface area (Å²) in [7, 11) is 0. The first-order chi connectivity index (χ1) is 9.17. The fraction of sp³-hybridized carbons (Fsp3) is 0.643. The Morgan fingerprint density at radius 2 is 1.90 bits per heavy atom. The van der Waals surface area contributed by atoms with Gasteiger partial charge in [0.25, 0.3) is 0 Å². The van der Waals surface area contributed by atoms with Crippen molar-refractivity contribution in [3.63, 3.8) is 0 Å². The molecule has 0 aliphatic rings. The first-order valence-corrected chi connectivity index (χ1v) is 6.59. The molecule has 6 nitrogen and oxygen atoms in total. The van der Waals surface area contributed by atoms with Gasteiger partial charge in [0.15, 0.2) is 0 Å². The second-order valence-corrected chi connectivity index (χ2v) is 5.61. The summed E-state index contributed by atoms with van der Waals surface area (Å²) in [5.41, 5.74) is 0.281. The first-order valence-electron chi connectivity index (χ1n) is 6.59. The predicted octanol–water partition coefficient (Wildman–Crippen LogP) is 2.03. The number of nitrogens with one attached hydrogen (secondary N) is 1. The SMILES string of the molecule is Cc1nc(CNC(=O)CCC(=O)OC(C)(C)C)oc1C. The van der Waals surface area contributed by atoms with E-state index in [1.54, 1.807) is 20.8 Å². The molecule has 1 rings (SSSR count). The number of aryl methyl sites for hydroxylation is 2. The summed E-state index contributed by atoms with van der Waals surface area (Å²) in [4.78, 5) is 27.2. The summed E-state index contributed by atoms with van der Waals surface area (Å²) in [6.07, 6.45) is 0.153. The van der Waals surface area contributed by atoms with E-state index >= 15 is 0 Å². The summed E-state index contributed by atoms with van der Waals surface area (Å²) in [6.45, 7) is 9.25. The lowest BCUT2D eigenvalue weighted by molar-refractivity contribution is -0.155. The molecule has 0 aromatic carbocycles. The number of hydrogen-bond acceptors (Lipinski definition) is 5. The highest BCUT2D eigenvalue weighted by Gasteiger charge is 2.17. The van der Waals surface area contributed by atoms with Gasteiger partial charge in [-0.2, -0.15) is 0 Å². The summed E-state index contributed by atoms with van der Waals surface area (Å²) in [5, 5.41) is 2.65. The van der Waals surface area contributed by atoms with Crippen LogP contribution in [-0.2, 0) is 20.9 Å². The van der Waals surface area contributed by atoms with Crippen LogP contribution in [-0.4, -0.2) is 22.5 Å². The Morgan fingerprint density at radius 1 is 1.25 bits per heavy atom. The van der Waals surface area contributed by atoms with Crippen LogP contribution in [0.15, 0.2) is 4.42 Å². The minimum atomic E-state index is -0.527. The fourth-order valence-electron chi connectivity index (χ4n) is 1.49. The molecule has 20 heavy (non-hydrogen) atoms. The van der Waals surface area contributed by atoms with E-state index in [0.717, 1.165) is 11.5 Å². The lowest BCUT2D eigenvalue weighted by Crippen LogP contribution is -2.27. The van der Waals surface area contributed by atoms with E-state index in [-0.39, 0.29) is 31.3 Å². The number of aromatic nitrogens is 1. The van der Waals surface area contributed by atoms with E-state index in [0.29, 0.717) is 5.89 Å². The molecule has 0 aliphatic heterocycles. The second-order valence-electron chi connectivity index (χ2n) is 5.61. The molecule has 0 unspecified atom stereocenters. The molecule has 112 valence electrons. The Kier molecular flexibility index (Phi) is 5.30. The van der Waals surface area contributed by atoms with Gasteiger partial charge in [0, 0.05) is 6.42 Å². The molecule has 1 aromatic heterocycles. The number of hydrogen-bond donors (Lipinski definition) is 1. The summed E-state index contributed by atoms with van der Waals surface area (Å²) < 4.78 is 10.5. The summed E-state index contributed by atoms with van der Waals surface area (Å²) in [5.74, 6) is 0.591. The number of nitrogens with zero attached hydrogens (tertiary/aromatic N) is 1. The predicted molar refractivity (Wildman–Crippen MR) is 72.9 cm³/mol. The molecule has 0 atom stereocenters. The van der Waals surface area contributed by atoms with E-state index in [9.17, 15) is 9.59 Å². The Balaban J connectivity index is 2.29. The highest BCUT2D eigenvalue weighted by Crippen LogP contribution is 2.10. The van der Waals surface area contributed by atoms with Crippen molar-refractivity contribution in [2.24, 2.45) is 0 Å². The lowest BCUT2D eigenvalue weighted by Gasteiger charge is -2.19. The minimum Gasteiger partial charge on any atom is -0.460 e. The maximum Gasteiger partial charge on any atom is 0.306 e. The van der Waals surface area contributed by atoms with Gasteiger partial charge in [-0.1, -0.05) is 0 Å². The maximum atomic E-state index is 11.6. The average molecular weight is 282 g/mol. The van der Waals surface area contributed by atoms with Gasteiger partial charge in [0.2, 0.25) is 11.8 Å². The quantitative estimate of drug-likeness (QED) is 0.836. The Bertz CT molecular complexity index is 466. The van der Waals surface area contributed by atoms with Gasteiger partial charge in [0.1, 0.15) is 11.4 Å². The van der Waals surface area contributed by atoms with Crippen molar-refractivity contribution >= 4 is 11.9 Å². The van der Waals surface area contributed by atoms with Gasteiger partial charge in [-0.25, -0.2) is 4.98 Å². The Hall–Kier alpha value is -1.85. The smallest absolute Gasteiger partial charge is 0.306 e. The van der Waals surface area contributed by atoms with Gasteiger partial charge in [-0.3, -0.25) is 9.59 Å². The molecule has 1 amide bonds. The molecule has 1 aromatic rings.